The second-order valence-electron chi connectivity index (χ2n) is 22.9. The van der Waals surface area contributed by atoms with Gasteiger partial charge in [-0.05, 0) is 126 Å². The van der Waals surface area contributed by atoms with Crippen LogP contribution in [0.4, 0.5) is 48.4 Å². The molecule has 3 aromatic carbocycles. The van der Waals surface area contributed by atoms with Gasteiger partial charge in [0.1, 0.15) is 40.1 Å². The minimum atomic E-state index is -1.03. The lowest BCUT2D eigenvalue weighted by Gasteiger charge is -2.40. The van der Waals surface area contributed by atoms with Gasteiger partial charge in [0.15, 0.2) is 5.58 Å². The molecule has 428 valence electrons. The van der Waals surface area contributed by atoms with Gasteiger partial charge < -0.3 is 74.6 Å². The molecule has 0 unspecified atom stereocenters. The van der Waals surface area contributed by atoms with Gasteiger partial charge in [-0.25, -0.2) is 28.8 Å². The first-order valence-corrected chi connectivity index (χ1v) is 26.0. The van der Waals surface area contributed by atoms with E-state index in [1.165, 1.54) is 18.2 Å². The molecule has 7 N–H and O–H groups in total. The highest BCUT2D eigenvalue weighted by atomic mass is 35.5. The van der Waals surface area contributed by atoms with Crippen molar-refractivity contribution in [2.24, 2.45) is 0 Å². The van der Waals surface area contributed by atoms with Gasteiger partial charge in [0.25, 0.3) is 0 Å². The zero-order chi connectivity index (χ0) is 58.0. The molecule has 2 aliphatic heterocycles. The molecule has 2 aliphatic rings. The number of aromatic nitrogens is 3. The summed E-state index contributed by atoms with van der Waals surface area (Å²) in [6.07, 6.45) is -1.82. The summed E-state index contributed by atoms with van der Waals surface area (Å²) in [5.41, 5.74) is 4.67. The van der Waals surface area contributed by atoms with Crippen molar-refractivity contribution >= 4 is 76.2 Å². The third kappa shape index (κ3) is 20.1. The first-order valence-electron chi connectivity index (χ1n) is 25.6. The Morgan fingerprint density at radius 3 is 1.48 bits per heavy atom. The van der Waals surface area contributed by atoms with Crippen molar-refractivity contribution in [1.29, 1.82) is 0 Å². The van der Waals surface area contributed by atoms with Crippen LogP contribution in [0.5, 0.6) is 5.75 Å². The molecule has 0 spiro atoms. The summed E-state index contributed by atoms with van der Waals surface area (Å²) in [6.45, 7) is 22.4. The van der Waals surface area contributed by atoms with E-state index in [0.717, 1.165) is 5.56 Å². The van der Waals surface area contributed by atoms with Crippen molar-refractivity contribution in [3.05, 3.63) is 98.4 Å². The van der Waals surface area contributed by atoms with E-state index >= 15 is 0 Å². The Hall–Kier alpha value is -8.02. The Morgan fingerprint density at radius 2 is 1.05 bits per heavy atom. The maximum atomic E-state index is 13.1. The zero-order valence-corrected chi connectivity index (χ0v) is 47.4. The number of nitrogen functional groups attached to an aromatic ring is 1. The van der Waals surface area contributed by atoms with Gasteiger partial charge in [-0.2, -0.15) is 15.0 Å². The first kappa shape index (κ1) is 60.2. The molecule has 0 saturated carbocycles. The molecule has 0 aliphatic carbocycles. The summed E-state index contributed by atoms with van der Waals surface area (Å²) in [5, 5.41) is 15.7. The van der Waals surface area contributed by atoms with E-state index in [9.17, 15) is 28.8 Å². The highest BCUT2D eigenvalue weighted by Crippen LogP contribution is 2.30. The number of rotatable bonds is 11. The Labute approximate surface area is 462 Å². The number of ether oxygens (including phenoxy) is 5. The summed E-state index contributed by atoms with van der Waals surface area (Å²) >= 11 is 5.63. The van der Waals surface area contributed by atoms with Crippen LogP contribution in [0.25, 0.3) is 11.0 Å². The van der Waals surface area contributed by atoms with Crippen LogP contribution in [0.15, 0.2) is 85.2 Å². The molecule has 0 bridgehead atoms. The highest BCUT2D eigenvalue weighted by Gasteiger charge is 2.36. The Kier molecular flexibility index (Phi) is 19.2. The second kappa shape index (κ2) is 25.2. The topological polar surface area (TPSA) is 306 Å². The SMILES string of the molecule is CC(C)(C)OC(=O)N[C@@H]1C[C@H](NC(=O)OC(C)(C)C)CN(c2nc(Nc3ccc(N)c(OCc4ccccc4)c3)nc(N3C[C@H](NC(=O)OC(C)(C)C)C[C@H](NC(=O)OC(C)(C)C)C3)n2)C1.O=c1oc(=O)c2ccc(Cl)cc2o1. The van der Waals surface area contributed by atoms with E-state index in [1.54, 1.807) is 101 Å². The van der Waals surface area contributed by atoms with Gasteiger partial charge in [-0.3, -0.25) is 0 Å². The average Bonchev–Trinajstić information content (AvgIpc) is 3.30. The largest absolute Gasteiger partial charge is 0.522 e. The van der Waals surface area contributed by atoms with Crippen molar-refractivity contribution in [2.75, 3.05) is 47.0 Å². The van der Waals surface area contributed by atoms with Crippen LogP contribution < -0.4 is 58.3 Å². The molecule has 79 heavy (non-hydrogen) atoms. The van der Waals surface area contributed by atoms with Crippen molar-refractivity contribution in [3.63, 3.8) is 0 Å². The fraction of sp³-hybridized carbons (Fsp3) is 0.500. The number of benzene rings is 3. The number of piperidine rings is 2. The van der Waals surface area contributed by atoms with Crippen LogP contribution in [-0.4, -0.2) is 112 Å². The number of anilines is 5. The molecule has 2 fully saturated rings. The smallest absolute Gasteiger partial charge is 0.487 e. The first-order chi connectivity index (χ1) is 36.8. The van der Waals surface area contributed by atoms with Gasteiger partial charge in [0, 0.05) is 49.0 Å². The molecule has 4 atom stereocenters. The summed E-state index contributed by atoms with van der Waals surface area (Å²) in [4.78, 5) is 92.6. The summed E-state index contributed by atoms with van der Waals surface area (Å²) < 4.78 is 37.3. The standard InChI is InChI=1S/C46H69N11O9.C8H3ClO4/c1-43(2,3)63-39(58)49-30-20-31(50-40(59)64-44(4,5)6)24-56(23-30)37-53-36(48-29-18-19-34(47)35(22-29)62-27-28-16-14-13-15-17-28)54-38(55-37)57-25-32(51-41(60)65-45(7,8)9)21-33(26-57)52-42(61)66-46(10,11)12;9-4-1-2-5-6(3-4)12-8(11)13-7(5)10/h13-19,22,30-33H,20-21,23-27,47H2,1-12H3,(H,49,58)(H,50,59)(H,51,60)(H,52,61)(H,48,53,54,55);1-3H/t30-,31+,32-,33+;. The van der Waals surface area contributed by atoms with E-state index in [0.29, 0.717) is 35.0 Å². The maximum absolute atomic E-state index is 13.1. The highest BCUT2D eigenvalue weighted by molar-refractivity contribution is 6.31. The Bertz CT molecular complexity index is 2880. The lowest BCUT2D eigenvalue weighted by Crippen LogP contribution is -2.59. The average molecular weight is 1120 g/mol. The molecule has 5 aromatic rings. The predicted octanol–water partition coefficient (Wildman–Crippen LogP) is 8.17. The minimum absolute atomic E-state index is 0.131. The molecule has 4 heterocycles. The number of halogens is 1. The van der Waals surface area contributed by atoms with Crippen molar-refractivity contribution in [3.8, 4) is 5.75 Å². The van der Waals surface area contributed by atoms with Gasteiger partial charge in [-0.1, -0.05) is 41.9 Å². The van der Waals surface area contributed by atoms with Crippen LogP contribution in [0.1, 0.15) is 101 Å². The summed E-state index contributed by atoms with van der Waals surface area (Å²) in [6, 6.07) is 17.1. The molecule has 2 aromatic heterocycles. The quantitative estimate of drug-likeness (QED) is 0.0536. The predicted molar refractivity (Wildman–Crippen MR) is 297 cm³/mol. The van der Waals surface area contributed by atoms with E-state index in [4.69, 9.17) is 56.0 Å². The second-order valence-corrected chi connectivity index (χ2v) is 23.4. The van der Waals surface area contributed by atoms with E-state index in [1.807, 2.05) is 40.1 Å². The number of nitrogens with zero attached hydrogens (tertiary/aromatic N) is 5. The van der Waals surface area contributed by atoms with Crippen LogP contribution in [0, 0.1) is 0 Å². The van der Waals surface area contributed by atoms with Gasteiger partial charge in [0.05, 0.1) is 29.9 Å². The Morgan fingerprint density at radius 1 is 0.608 bits per heavy atom. The molecule has 0 radical (unpaired) electrons. The number of nitrogens with one attached hydrogen (secondary N) is 5. The van der Waals surface area contributed by atoms with Crippen LogP contribution in [0.2, 0.25) is 5.02 Å². The Balaban J connectivity index is 0.000000672. The van der Waals surface area contributed by atoms with Crippen molar-refractivity contribution < 1.29 is 51.7 Å². The molecule has 2 saturated heterocycles. The molecule has 7 rings (SSSR count). The number of carbonyl (C=O) groups excluding carboxylic acids is 4. The molecule has 25 heteroatoms. The number of carbonyl (C=O) groups is 4. The van der Waals surface area contributed by atoms with E-state index in [2.05, 4.69) is 35.4 Å². The number of fused-ring (bicyclic) bond motifs is 1. The number of hydrogen-bond donors (Lipinski definition) is 6. The van der Waals surface area contributed by atoms with Crippen LogP contribution in [-0.2, 0) is 25.6 Å². The van der Waals surface area contributed by atoms with Gasteiger partial charge >= 0.3 is 35.8 Å². The molecular formula is C54H72ClN11O13. The lowest BCUT2D eigenvalue weighted by atomic mass is 10.0. The third-order valence-electron chi connectivity index (χ3n) is 11.0. The van der Waals surface area contributed by atoms with E-state index < -0.39 is 82.4 Å². The van der Waals surface area contributed by atoms with Gasteiger partial charge in [0.2, 0.25) is 17.8 Å². The number of alkyl carbamates (subject to hydrolysis) is 4. The van der Waals surface area contributed by atoms with Crippen LogP contribution >= 0.6 is 11.6 Å². The zero-order valence-electron chi connectivity index (χ0n) is 46.6. The normalized spacial score (nSPS) is 17.7. The number of amides is 4. The van der Waals surface area contributed by atoms with E-state index in [-0.39, 0.29) is 61.6 Å². The van der Waals surface area contributed by atoms with Crippen molar-refractivity contribution in [2.45, 2.75) is 149 Å². The maximum Gasteiger partial charge on any atom is 0.522 e. The minimum Gasteiger partial charge on any atom is -0.487 e. The summed E-state index contributed by atoms with van der Waals surface area (Å²) in [7, 11) is 0. The molecule has 24 nitrogen and oxygen atoms in total. The number of nitrogens with two attached hydrogens (primary N) is 1. The van der Waals surface area contributed by atoms with Crippen molar-refractivity contribution in [1.82, 2.24) is 36.2 Å². The lowest BCUT2D eigenvalue weighted by molar-refractivity contribution is 0.0452. The monoisotopic (exact) mass is 1120 g/mol. The fourth-order valence-corrected chi connectivity index (χ4v) is 8.29. The fourth-order valence-electron chi connectivity index (χ4n) is 8.12. The summed E-state index contributed by atoms with van der Waals surface area (Å²) in [5.74, 6) is -0.0657. The molecule has 4 amide bonds. The number of hydrogen-bond acceptors (Lipinski definition) is 20. The van der Waals surface area contributed by atoms with Gasteiger partial charge in [-0.15, -0.1) is 0 Å². The third-order valence-corrected chi connectivity index (χ3v) is 11.2. The van der Waals surface area contributed by atoms with Crippen LogP contribution in [0.3, 0.4) is 0 Å². The molecular weight excluding hydrogens is 1050 g/mol.